The first-order valence-electron chi connectivity index (χ1n) is 10.2. The van der Waals surface area contributed by atoms with Gasteiger partial charge in [-0.15, -0.1) is 0 Å². The van der Waals surface area contributed by atoms with Gasteiger partial charge in [-0.05, 0) is 32.0 Å². The molecule has 0 saturated carbocycles. The number of hydrogen-bond donors (Lipinski definition) is 0. The van der Waals surface area contributed by atoms with Crippen LogP contribution in [0.4, 0.5) is 5.69 Å². The summed E-state index contributed by atoms with van der Waals surface area (Å²) < 4.78 is 11.3. The van der Waals surface area contributed by atoms with E-state index in [0.717, 1.165) is 42.9 Å². The third kappa shape index (κ3) is 4.48. The van der Waals surface area contributed by atoms with Gasteiger partial charge in [-0.2, -0.15) is 4.98 Å². The predicted octanol–water partition coefficient (Wildman–Crippen LogP) is 3.25. The molecule has 0 amide bonds. The van der Waals surface area contributed by atoms with Crippen LogP contribution in [0.3, 0.4) is 0 Å². The van der Waals surface area contributed by atoms with Crippen molar-refractivity contribution in [2.45, 2.75) is 46.3 Å². The lowest BCUT2D eigenvalue weighted by Crippen LogP contribution is -2.46. The molecule has 0 aliphatic carbocycles. The summed E-state index contributed by atoms with van der Waals surface area (Å²) in [6.07, 6.45) is 1.63. The number of nitrogens with zero attached hydrogens (tertiary/aromatic N) is 6. The summed E-state index contributed by atoms with van der Waals surface area (Å²) in [6.45, 7) is 12.6. The summed E-state index contributed by atoms with van der Waals surface area (Å²) in [5.74, 6) is 2.39. The zero-order valence-electron chi connectivity index (χ0n) is 17.5. The summed E-state index contributed by atoms with van der Waals surface area (Å²) in [5, 5.41) is 5.01. The molecule has 1 aliphatic rings. The molecule has 0 atom stereocenters. The Morgan fingerprint density at radius 1 is 1.07 bits per heavy atom. The topological polar surface area (TPSA) is 80.4 Å². The van der Waals surface area contributed by atoms with Gasteiger partial charge in [0.15, 0.2) is 5.82 Å². The van der Waals surface area contributed by atoms with Crippen LogP contribution in [0, 0.1) is 0 Å². The highest BCUT2D eigenvalue weighted by atomic mass is 16.5. The van der Waals surface area contributed by atoms with Crippen molar-refractivity contribution in [3.63, 3.8) is 0 Å². The second-order valence-corrected chi connectivity index (χ2v) is 8.01. The number of rotatable bonds is 6. The first-order chi connectivity index (χ1) is 14.0. The van der Waals surface area contributed by atoms with Crippen molar-refractivity contribution >= 4 is 16.6 Å². The smallest absolute Gasteiger partial charge is 0.240 e. The van der Waals surface area contributed by atoms with Crippen molar-refractivity contribution in [3.8, 4) is 5.88 Å². The van der Waals surface area contributed by atoms with Crippen molar-refractivity contribution in [1.29, 1.82) is 0 Å². The first-order valence-corrected chi connectivity index (χ1v) is 10.2. The number of ether oxygens (including phenoxy) is 1. The predicted molar refractivity (Wildman–Crippen MR) is 111 cm³/mol. The van der Waals surface area contributed by atoms with Crippen LogP contribution in [0.5, 0.6) is 5.88 Å². The van der Waals surface area contributed by atoms with Crippen molar-refractivity contribution in [2.24, 2.45) is 0 Å². The SMILES string of the molecule is CC(C)Oc1ncnc2ccc(N3CCN(Cc4nc(C(C)C)no4)CC3)cc12. The van der Waals surface area contributed by atoms with E-state index in [4.69, 9.17) is 9.26 Å². The third-order valence-corrected chi connectivity index (χ3v) is 5.03. The lowest BCUT2D eigenvalue weighted by molar-refractivity contribution is 0.215. The lowest BCUT2D eigenvalue weighted by atomic mass is 10.2. The Hall–Kier alpha value is -2.74. The van der Waals surface area contributed by atoms with Gasteiger partial charge >= 0.3 is 0 Å². The van der Waals surface area contributed by atoms with E-state index in [9.17, 15) is 0 Å². The third-order valence-electron chi connectivity index (χ3n) is 5.03. The maximum Gasteiger partial charge on any atom is 0.240 e. The highest BCUT2D eigenvalue weighted by Crippen LogP contribution is 2.28. The molecule has 4 rings (SSSR count). The Balaban J connectivity index is 1.43. The molecule has 0 N–H and O–H groups in total. The molecule has 154 valence electrons. The van der Waals surface area contributed by atoms with Crippen LogP contribution in [0.25, 0.3) is 10.9 Å². The van der Waals surface area contributed by atoms with E-state index in [1.54, 1.807) is 6.33 Å². The van der Waals surface area contributed by atoms with Crippen LogP contribution in [-0.2, 0) is 6.54 Å². The van der Waals surface area contributed by atoms with Gasteiger partial charge in [-0.25, -0.2) is 9.97 Å². The van der Waals surface area contributed by atoms with Gasteiger partial charge in [0.25, 0.3) is 0 Å². The van der Waals surface area contributed by atoms with Crippen molar-refractivity contribution in [1.82, 2.24) is 25.0 Å². The van der Waals surface area contributed by atoms with Crippen molar-refractivity contribution in [2.75, 3.05) is 31.1 Å². The Labute approximate surface area is 170 Å². The first kappa shape index (κ1) is 19.6. The molecule has 1 fully saturated rings. The van der Waals surface area contributed by atoms with Gasteiger partial charge in [-0.3, -0.25) is 4.90 Å². The largest absolute Gasteiger partial charge is 0.474 e. The molecule has 0 bridgehead atoms. The van der Waals surface area contributed by atoms with E-state index in [1.165, 1.54) is 5.69 Å². The Morgan fingerprint density at radius 3 is 2.55 bits per heavy atom. The van der Waals surface area contributed by atoms with Gasteiger partial charge in [0.1, 0.15) is 6.33 Å². The van der Waals surface area contributed by atoms with E-state index in [-0.39, 0.29) is 12.0 Å². The van der Waals surface area contributed by atoms with Crippen LogP contribution >= 0.6 is 0 Å². The number of hydrogen-bond acceptors (Lipinski definition) is 8. The van der Waals surface area contributed by atoms with E-state index in [0.29, 0.717) is 18.3 Å². The molecule has 8 nitrogen and oxygen atoms in total. The number of anilines is 1. The number of benzene rings is 1. The average molecular weight is 396 g/mol. The normalized spacial score (nSPS) is 15.6. The minimum Gasteiger partial charge on any atom is -0.474 e. The van der Waals surface area contributed by atoms with E-state index in [1.807, 2.05) is 19.9 Å². The van der Waals surface area contributed by atoms with Crippen molar-refractivity contribution < 1.29 is 9.26 Å². The zero-order valence-corrected chi connectivity index (χ0v) is 17.5. The minimum absolute atomic E-state index is 0.0706. The summed E-state index contributed by atoms with van der Waals surface area (Å²) >= 11 is 0. The molecule has 0 radical (unpaired) electrons. The van der Waals surface area contributed by atoms with Crippen LogP contribution < -0.4 is 9.64 Å². The van der Waals surface area contributed by atoms with Crippen LogP contribution in [0.1, 0.15) is 45.3 Å². The van der Waals surface area contributed by atoms with Gasteiger partial charge in [-0.1, -0.05) is 19.0 Å². The quantitative estimate of drug-likeness (QED) is 0.628. The maximum atomic E-state index is 5.87. The van der Waals surface area contributed by atoms with Crippen LogP contribution in [0.15, 0.2) is 29.0 Å². The van der Waals surface area contributed by atoms with E-state index >= 15 is 0 Å². The molecular formula is C21H28N6O2. The van der Waals surface area contributed by atoms with Gasteiger partial charge in [0.2, 0.25) is 11.8 Å². The number of piperazine rings is 1. The fourth-order valence-corrected chi connectivity index (χ4v) is 3.46. The molecule has 29 heavy (non-hydrogen) atoms. The molecule has 0 spiro atoms. The zero-order chi connectivity index (χ0) is 20.4. The van der Waals surface area contributed by atoms with E-state index in [2.05, 4.69) is 55.9 Å². The maximum absolute atomic E-state index is 5.87. The monoisotopic (exact) mass is 396 g/mol. The Morgan fingerprint density at radius 2 is 1.86 bits per heavy atom. The van der Waals surface area contributed by atoms with Gasteiger partial charge in [0.05, 0.1) is 23.6 Å². The molecular weight excluding hydrogens is 368 g/mol. The lowest BCUT2D eigenvalue weighted by Gasteiger charge is -2.35. The van der Waals surface area contributed by atoms with E-state index < -0.39 is 0 Å². The van der Waals surface area contributed by atoms with Crippen molar-refractivity contribution in [3.05, 3.63) is 36.2 Å². The highest BCUT2D eigenvalue weighted by Gasteiger charge is 2.21. The summed E-state index contributed by atoms with van der Waals surface area (Å²) in [4.78, 5) is 17.9. The average Bonchev–Trinajstić information content (AvgIpc) is 3.17. The molecule has 1 saturated heterocycles. The number of fused-ring (bicyclic) bond motifs is 1. The highest BCUT2D eigenvalue weighted by molar-refractivity contribution is 5.86. The number of aromatic nitrogens is 4. The Bertz CT molecular complexity index is 963. The summed E-state index contributed by atoms with van der Waals surface area (Å²) in [5.41, 5.74) is 2.07. The Kier molecular flexibility index (Phi) is 5.62. The standard InChI is InChI=1S/C21H28N6O2/c1-14(2)20-24-19(29-25-20)12-26-7-9-27(10-8-26)16-5-6-18-17(11-16)21(23-13-22-18)28-15(3)4/h5-6,11,13-15H,7-10,12H2,1-4H3. The van der Waals surface area contributed by atoms with Crippen LogP contribution in [-0.4, -0.2) is 57.3 Å². The minimum atomic E-state index is 0.0706. The fraction of sp³-hybridized carbons (Fsp3) is 0.524. The van der Waals surface area contributed by atoms with Gasteiger partial charge < -0.3 is 14.2 Å². The van der Waals surface area contributed by atoms with Gasteiger partial charge in [0, 0.05) is 37.8 Å². The second-order valence-electron chi connectivity index (χ2n) is 8.01. The molecule has 8 heteroatoms. The fourth-order valence-electron chi connectivity index (χ4n) is 3.46. The summed E-state index contributed by atoms with van der Waals surface area (Å²) in [7, 11) is 0. The molecule has 0 unspecified atom stereocenters. The van der Waals surface area contributed by atoms with Crippen LogP contribution in [0.2, 0.25) is 0 Å². The molecule has 2 aromatic heterocycles. The molecule has 1 aliphatic heterocycles. The molecule has 1 aromatic carbocycles. The second kappa shape index (κ2) is 8.32. The molecule has 3 aromatic rings. The molecule has 3 heterocycles. The summed E-state index contributed by atoms with van der Waals surface area (Å²) in [6, 6.07) is 6.30.